The van der Waals surface area contributed by atoms with Crippen LogP contribution in [0.2, 0.25) is 0 Å². The van der Waals surface area contributed by atoms with Crippen molar-refractivity contribution >= 4 is 5.91 Å². The van der Waals surface area contributed by atoms with E-state index in [0.29, 0.717) is 19.4 Å². The van der Waals surface area contributed by atoms with E-state index in [2.05, 4.69) is 0 Å². The number of aliphatic hydroxyl groups is 1. The number of likely N-dealkylation sites (tertiary alicyclic amines) is 1. The van der Waals surface area contributed by atoms with Crippen LogP contribution >= 0.6 is 0 Å². The number of hydrogen-bond donors (Lipinski definition) is 1. The largest absolute Gasteiger partial charge is 0.391 e. The molecule has 0 aliphatic carbocycles. The maximum absolute atomic E-state index is 12.2. The fourth-order valence-corrected chi connectivity index (χ4v) is 3.23. The first kappa shape index (κ1) is 14.8. The monoisotopic (exact) mass is 269 g/mol. The van der Waals surface area contributed by atoms with Gasteiger partial charge in [-0.3, -0.25) is 4.79 Å². The molecule has 0 spiro atoms. The molecule has 0 aromatic heterocycles. The van der Waals surface area contributed by atoms with Crippen molar-refractivity contribution in [3.8, 4) is 0 Å². The molecule has 2 heterocycles. The average Bonchev–Trinajstić information content (AvgIpc) is 2.65. The second kappa shape index (κ2) is 6.23. The number of carbonyl (C=O) groups is 1. The topological polar surface area (TPSA) is 49.8 Å². The molecule has 0 saturated carbocycles. The average molecular weight is 269 g/mol. The number of hydrogen-bond acceptors (Lipinski definition) is 3. The van der Waals surface area contributed by atoms with Gasteiger partial charge in [0.25, 0.3) is 0 Å². The molecule has 2 rings (SSSR count). The van der Waals surface area contributed by atoms with E-state index in [-0.39, 0.29) is 12.0 Å². The summed E-state index contributed by atoms with van der Waals surface area (Å²) in [6.07, 6.45) is 5.32. The highest BCUT2D eigenvalue weighted by Gasteiger charge is 2.42. The van der Waals surface area contributed by atoms with Gasteiger partial charge < -0.3 is 14.7 Å². The van der Waals surface area contributed by atoms with Crippen molar-refractivity contribution in [2.45, 2.75) is 64.0 Å². The Morgan fingerprint density at radius 1 is 1.32 bits per heavy atom. The lowest BCUT2D eigenvalue weighted by Crippen LogP contribution is -2.48. The zero-order valence-corrected chi connectivity index (χ0v) is 12.2. The van der Waals surface area contributed by atoms with Gasteiger partial charge in [0, 0.05) is 26.2 Å². The minimum Gasteiger partial charge on any atom is -0.391 e. The summed E-state index contributed by atoms with van der Waals surface area (Å²) in [5.41, 5.74) is -0.393. The van der Waals surface area contributed by atoms with Crippen molar-refractivity contribution in [3.63, 3.8) is 0 Å². The number of rotatable bonds is 4. The van der Waals surface area contributed by atoms with E-state index in [4.69, 9.17) is 4.74 Å². The Morgan fingerprint density at radius 2 is 2.00 bits per heavy atom. The van der Waals surface area contributed by atoms with E-state index in [0.717, 1.165) is 44.8 Å². The summed E-state index contributed by atoms with van der Waals surface area (Å²) in [4.78, 5) is 14.1. The molecule has 2 aliphatic heterocycles. The van der Waals surface area contributed by atoms with Crippen molar-refractivity contribution < 1.29 is 14.6 Å². The maximum Gasteiger partial charge on any atom is 0.223 e. The van der Waals surface area contributed by atoms with Crippen LogP contribution in [-0.4, -0.2) is 47.3 Å². The summed E-state index contributed by atoms with van der Waals surface area (Å²) in [5.74, 6) is 0.937. The number of nitrogens with zero attached hydrogens (tertiary/aromatic N) is 1. The van der Waals surface area contributed by atoms with Gasteiger partial charge in [-0.2, -0.15) is 0 Å². The van der Waals surface area contributed by atoms with Crippen molar-refractivity contribution in [1.29, 1.82) is 0 Å². The Labute approximate surface area is 116 Å². The van der Waals surface area contributed by atoms with Crippen LogP contribution in [0.1, 0.15) is 52.4 Å². The van der Waals surface area contributed by atoms with Crippen molar-refractivity contribution in [3.05, 3.63) is 0 Å². The Bertz CT molecular complexity index is 311. The molecule has 2 aliphatic rings. The summed E-state index contributed by atoms with van der Waals surface area (Å²) in [6, 6.07) is 0. The molecule has 0 aromatic carbocycles. The van der Waals surface area contributed by atoms with Crippen LogP contribution in [0.25, 0.3) is 0 Å². The van der Waals surface area contributed by atoms with Crippen LogP contribution < -0.4 is 0 Å². The lowest BCUT2D eigenvalue weighted by Gasteiger charge is -2.34. The standard InChI is InChI=1S/C15H27NO3/c1-15(2)13(17)6-9-16(15)14(18)5-3-4-12-7-10-19-11-8-12/h12-13,17H,3-11H2,1-2H3. The molecule has 2 fully saturated rings. The van der Waals surface area contributed by atoms with Crippen LogP contribution in [-0.2, 0) is 9.53 Å². The second-order valence-electron chi connectivity index (χ2n) is 6.45. The zero-order chi connectivity index (χ0) is 13.9. The lowest BCUT2D eigenvalue weighted by atomic mass is 9.93. The molecule has 19 heavy (non-hydrogen) atoms. The zero-order valence-electron chi connectivity index (χ0n) is 12.2. The highest BCUT2D eigenvalue weighted by atomic mass is 16.5. The van der Waals surface area contributed by atoms with Crippen LogP contribution in [0.5, 0.6) is 0 Å². The first-order chi connectivity index (χ1) is 9.01. The normalized spacial score (nSPS) is 27.7. The molecule has 4 nitrogen and oxygen atoms in total. The summed E-state index contributed by atoms with van der Waals surface area (Å²) < 4.78 is 5.34. The van der Waals surface area contributed by atoms with E-state index >= 15 is 0 Å². The third-order valence-electron chi connectivity index (χ3n) is 4.78. The second-order valence-corrected chi connectivity index (χ2v) is 6.45. The number of amides is 1. The molecule has 1 atom stereocenters. The van der Waals surface area contributed by atoms with E-state index < -0.39 is 5.54 Å². The van der Waals surface area contributed by atoms with E-state index in [9.17, 15) is 9.90 Å². The predicted octanol–water partition coefficient (Wildman–Crippen LogP) is 1.96. The summed E-state index contributed by atoms with van der Waals surface area (Å²) in [5, 5.41) is 9.90. The molecule has 0 aromatic rings. The van der Waals surface area contributed by atoms with Crippen LogP contribution in [0.15, 0.2) is 0 Å². The van der Waals surface area contributed by atoms with E-state index in [1.165, 1.54) is 0 Å². The molecule has 110 valence electrons. The van der Waals surface area contributed by atoms with Gasteiger partial charge in [-0.05, 0) is 51.9 Å². The molecular weight excluding hydrogens is 242 g/mol. The molecule has 1 unspecified atom stereocenters. The van der Waals surface area contributed by atoms with Gasteiger partial charge >= 0.3 is 0 Å². The Kier molecular flexibility index (Phi) is 4.85. The highest BCUT2D eigenvalue weighted by molar-refractivity contribution is 5.77. The van der Waals surface area contributed by atoms with Gasteiger partial charge in [-0.15, -0.1) is 0 Å². The number of carbonyl (C=O) groups excluding carboxylic acids is 1. The molecule has 1 amide bonds. The minimum absolute atomic E-state index is 0.202. The fraction of sp³-hybridized carbons (Fsp3) is 0.933. The Balaban J connectivity index is 1.72. The van der Waals surface area contributed by atoms with E-state index in [1.807, 2.05) is 18.7 Å². The first-order valence-corrected chi connectivity index (χ1v) is 7.58. The minimum atomic E-state index is -0.393. The molecule has 4 heteroatoms. The molecule has 0 radical (unpaired) electrons. The van der Waals surface area contributed by atoms with Gasteiger partial charge in [-0.1, -0.05) is 0 Å². The lowest BCUT2D eigenvalue weighted by molar-refractivity contribution is -0.136. The molecule has 0 bridgehead atoms. The Hall–Kier alpha value is -0.610. The molecular formula is C15H27NO3. The number of ether oxygens (including phenoxy) is 1. The molecule has 2 saturated heterocycles. The fourth-order valence-electron chi connectivity index (χ4n) is 3.23. The third-order valence-corrected chi connectivity index (χ3v) is 4.78. The van der Waals surface area contributed by atoms with Crippen LogP contribution in [0, 0.1) is 5.92 Å². The summed E-state index contributed by atoms with van der Waals surface area (Å²) in [6.45, 7) is 6.38. The summed E-state index contributed by atoms with van der Waals surface area (Å²) >= 11 is 0. The van der Waals surface area contributed by atoms with Gasteiger partial charge in [0.2, 0.25) is 5.91 Å². The SMILES string of the molecule is CC1(C)C(O)CCN1C(=O)CCCC1CCOCC1. The van der Waals surface area contributed by atoms with Crippen LogP contribution in [0.3, 0.4) is 0 Å². The smallest absolute Gasteiger partial charge is 0.223 e. The maximum atomic E-state index is 12.2. The predicted molar refractivity (Wildman–Crippen MR) is 73.8 cm³/mol. The van der Waals surface area contributed by atoms with Crippen molar-refractivity contribution in [2.24, 2.45) is 5.92 Å². The van der Waals surface area contributed by atoms with E-state index in [1.54, 1.807) is 0 Å². The van der Waals surface area contributed by atoms with Crippen molar-refractivity contribution in [2.75, 3.05) is 19.8 Å². The summed E-state index contributed by atoms with van der Waals surface area (Å²) in [7, 11) is 0. The van der Waals surface area contributed by atoms with Crippen LogP contribution in [0.4, 0.5) is 0 Å². The Morgan fingerprint density at radius 3 is 2.58 bits per heavy atom. The van der Waals surface area contributed by atoms with Gasteiger partial charge in [-0.25, -0.2) is 0 Å². The van der Waals surface area contributed by atoms with Gasteiger partial charge in [0.05, 0.1) is 11.6 Å². The highest BCUT2D eigenvalue weighted by Crippen LogP contribution is 2.30. The number of aliphatic hydroxyl groups excluding tert-OH is 1. The van der Waals surface area contributed by atoms with Gasteiger partial charge in [0.15, 0.2) is 0 Å². The first-order valence-electron chi connectivity index (χ1n) is 7.58. The van der Waals surface area contributed by atoms with Crippen molar-refractivity contribution in [1.82, 2.24) is 4.90 Å². The third kappa shape index (κ3) is 3.48. The molecule has 1 N–H and O–H groups in total. The van der Waals surface area contributed by atoms with Gasteiger partial charge in [0.1, 0.15) is 0 Å². The quantitative estimate of drug-likeness (QED) is 0.848.